The third-order valence-electron chi connectivity index (χ3n) is 4.61. The summed E-state index contributed by atoms with van der Waals surface area (Å²) in [4.78, 5) is 20.9. The number of fused-ring (bicyclic) bond motifs is 3. The molecular weight excluding hydrogens is 322 g/mol. The number of ether oxygens (including phenoxy) is 2. The van der Waals surface area contributed by atoms with Crippen LogP contribution in [-0.4, -0.2) is 63.5 Å². The van der Waals surface area contributed by atoms with E-state index in [2.05, 4.69) is 15.0 Å². The fourth-order valence-electron chi connectivity index (χ4n) is 3.50. The Morgan fingerprint density at radius 1 is 1.28 bits per heavy atom. The van der Waals surface area contributed by atoms with Gasteiger partial charge in [-0.05, 0) is 33.3 Å². The zero-order chi connectivity index (χ0) is 17.8. The Labute approximate surface area is 146 Å². The van der Waals surface area contributed by atoms with Gasteiger partial charge in [-0.3, -0.25) is 4.90 Å². The number of amides is 1. The number of hydrogen-bond acceptors (Lipinski definition) is 6. The molecule has 8 heteroatoms. The van der Waals surface area contributed by atoms with E-state index in [0.717, 1.165) is 30.9 Å². The maximum atomic E-state index is 12.3. The normalized spacial score (nSPS) is 22.7. The lowest BCUT2D eigenvalue weighted by Crippen LogP contribution is -2.70. The molecule has 0 spiro atoms. The van der Waals surface area contributed by atoms with Crippen molar-refractivity contribution in [3.63, 3.8) is 0 Å². The number of piperidine rings is 1. The molecule has 25 heavy (non-hydrogen) atoms. The van der Waals surface area contributed by atoms with E-state index < -0.39 is 5.60 Å². The first kappa shape index (κ1) is 16.0. The molecule has 0 radical (unpaired) electrons. The summed E-state index contributed by atoms with van der Waals surface area (Å²) < 4.78 is 12.5. The first-order valence-corrected chi connectivity index (χ1v) is 8.51. The fourth-order valence-corrected chi connectivity index (χ4v) is 3.50. The Balaban J connectivity index is 1.48. The van der Waals surface area contributed by atoms with Crippen molar-refractivity contribution in [2.24, 2.45) is 0 Å². The second kappa shape index (κ2) is 5.50. The van der Waals surface area contributed by atoms with Gasteiger partial charge in [0, 0.05) is 25.4 Å². The summed E-state index contributed by atoms with van der Waals surface area (Å²) in [7, 11) is 1.63. The molecular formula is C17H23N5O3. The highest BCUT2D eigenvalue weighted by Gasteiger charge is 2.49. The van der Waals surface area contributed by atoms with Crippen molar-refractivity contribution >= 4 is 17.7 Å². The van der Waals surface area contributed by atoms with E-state index >= 15 is 0 Å². The molecule has 0 N–H and O–H groups in total. The van der Waals surface area contributed by atoms with E-state index in [4.69, 9.17) is 9.47 Å². The van der Waals surface area contributed by atoms with E-state index in [1.165, 1.54) is 0 Å². The summed E-state index contributed by atoms with van der Waals surface area (Å²) in [6.07, 6.45) is 2.63. The zero-order valence-electron chi connectivity index (χ0n) is 15.0. The molecule has 8 nitrogen and oxygen atoms in total. The van der Waals surface area contributed by atoms with Gasteiger partial charge in [0.05, 0.1) is 19.2 Å². The second-order valence-corrected chi connectivity index (χ2v) is 7.62. The van der Waals surface area contributed by atoms with Crippen LogP contribution < -0.4 is 9.64 Å². The number of anilines is 1. The molecule has 134 valence electrons. The Bertz CT molecular complexity index is 800. The van der Waals surface area contributed by atoms with Gasteiger partial charge < -0.3 is 14.4 Å². The Hall–Kier alpha value is -2.51. The highest BCUT2D eigenvalue weighted by atomic mass is 16.6. The van der Waals surface area contributed by atoms with Crippen LogP contribution in [-0.2, 0) is 4.74 Å². The summed E-state index contributed by atoms with van der Waals surface area (Å²) in [6.45, 7) is 7.12. The molecule has 2 atom stereocenters. The number of rotatable bonds is 2. The highest BCUT2D eigenvalue weighted by molar-refractivity contribution is 5.71. The lowest BCUT2D eigenvalue weighted by Gasteiger charge is -2.55. The van der Waals surface area contributed by atoms with Crippen LogP contribution in [0.5, 0.6) is 5.75 Å². The summed E-state index contributed by atoms with van der Waals surface area (Å²) in [5.41, 5.74) is 0.278. The molecule has 5 heterocycles. The summed E-state index contributed by atoms with van der Waals surface area (Å²) in [5, 5.41) is 4.54. The van der Waals surface area contributed by atoms with E-state index in [-0.39, 0.29) is 18.2 Å². The second-order valence-electron chi connectivity index (χ2n) is 7.62. The predicted octanol–water partition coefficient (Wildman–Crippen LogP) is 1.94. The van der Waals surface area contributed by atoms with Crippen LogP contribution in [0, 0.1) is 0 Å². The quantitative estimate of drug-likeness (QED) is 0.828. The van der Waals surface area contributed by atoms with E-state index in [1.807, 2.05) is 44.0 Å². The number of nitrogens with zero attached hydrogens (tertiary/aromatic N) is 5. The van der Waals surface area contributed by atoms with Crippen molar-refractivity contribution < 1.29 is 14.3 Å². The van der Waals surface area contributed by atoms with Crippen LogP contribution in [0.4, 0.5) is 10.7 Å². The van der Waals surface area contributed by atoms with E-state index in [9.17, 15) is 4.79 Å². The van der Waals surface area contributed by atoms with Crippen molar-refractivity contribution in [1.82, 2.24) is 19.5 Å². The number of hydrogen-bond donors (Lipinski definition) is 0. The Morgan fingerprint density at radius 2 is 2.00 bits per heavy atom. The topological polar surface area (TPSA) is 72.2 Å². The Morgan fingerprint density at radius 3 is 2.64 bits per heavy atom. The lowest BCUT2D eigenvalue weighted by molar-refractivity contribution is -0.0381. The molecule has 5 rings (SSSR count). The van der Waals surface area contributed by atoms with Gasteiger partial charge in [0.15, 0.2) is 5.65 Å². The number of aromatic nitrogens is 3. The first-order valence-electron chi connectivity index (χ1n) is 8.51. The van der Waals surface area contributed by atoms with Gasteiger partial charge in [0.25, 0.3) is 0 Å². The van der Waals surface area contributed by atoms with Crippen LogP contribution in [0.3, 0.4) is 0 Å². The van der Waals surface area contributed by atoms with Crippen molar-refractivity contribution in [2.45, 2.75) is 44.9 Å². The molecule has 0 saturated carbocycles. The van der Waals surface area contributed by atoms with Crippen LogP contribution in [0.2, 0.25) is 0 Å². The van der Waals surface area contributed by atoms with Gasteiger partial charge in [-0.15, -0.1) is 5.10 Å². The smallest absolute Gasteiger partial charge is 0.410 e. The number of piperazine rings is 1. The summed E-state index contributed by atoms with van der Waals surface area (Å²) in [6, 6.07) is 4.03. The molecule has 0 aliphatic carbocycles. The minimum absolute atomic E-state index is 0.162. The minimum atomic E-state index is -0.469. The van der Waals surface area contributed by atoms with Crippen molar-refractivity contribution in [3.05, 3.63) is 18.3 Å². The third-order valence-corrected chi connectivity index (χ3v) is 4.61. The number of carbonyl (C=O) groups is 1. The van der Waals surface area contributed by atoms with Gasteiger partial charge in [0.1, 0.15) is 11.4 Å². The van der Waals surface area contributed by atoms with Gasteiger partial charge in [0.2, 0.25) is 5.95 Å². The van der Waals surface area contributed by atoms with Crippen LogP contribution in [0.1, 0.15) is 27.2 Å². The molecule has 3 aliphatic rings. The predicted molar refractivity (Wildman–Crippen MR) is 92.0 cm³/mol. The molecule has 3 saturated heterocycles. The number of methoxy groups -OCH3 is 1. The zero-order valence-corrected chi connectivity index (χ0v) is 15.0. The highest BCUT2D eigenvalue weighted by Crippen LogP contribution is 2.35. The first-order chi connectivity index (χ1) is 11.8. The number of carbonyl (C=O) groups excluding carboxylic acids is 1. The molecule has 2 aromatic heterocycles. The van der Waals surface area contributed by atoms with Gasteiger partial charge in [-0.2, -0.15) is 4.98 Å². The maximum absolute atomic E-state index is 12.3. The molecule has 3 aliphatic heterocycles. The van der Waals surface area contributed by atoms with Crippen molar-refractivity contribution in [1.29, 1.82) is 0 Å². The van der Waals surface area contributed by atoms with Crippen LogP contribution >= 0.6 is 0 Å². The summed E-state index contributed by atoms with van der Waals surface area (Å²) in [5.74, 6) is 1.44. The van der Waals surface area contributed by atoms with E-state index in [1.54, 1.807) is 11.6 Å². The van der Waals surface area contributed by atoms with E-state index in [0.29, 0.717) is 5.95 Å². The molecule has 2 bridgehead atoms. The van der Waals surface area contributed by atoms with Crippen molar-refractivity contribution in [2.75, 3.05) is 25.1 Å². The van der Waals surface area contributed by atoms with Gasteiger partial charge in [-0.25, -0.2) is 9.31 Å². The lowest BCUT2D eigenvalue weighted by atomic mass is 9.88. The standard InChI is InChI=1S/C17H23N5O3/c1-17(2,3)25-16(23)22-11-7-12(22)10-20(9-11)15-18-14-8-13(24-4)5-6-21(14)19-15/h5-6,8,11-12H,7,9-10H2,1-4H3. The van der Waals surface area contributed by atoms with Gasteiger partial charge >= 0.3 is 6.09 Å². The number of pyridine rings is 1. The monoisotopic (exact) mass is 345 g/mol. The fraction of sp³-hybridized carbons (Fsp3) is 0.588. The Kier molecular flexibility index (Phi) is 3.52. The summed E-state index contributed by atoms with van der Waals surface area (Å²) >= 11 is 0. The molecule has 1 amide bonds. The molecule has 0 aromatic carbocycles. The molecule has 2 unspecified atom stereocenters. The molecule has 3 fully saturated rings. The molecule has 2 aromatic rings. The SMILES string of the molecule is COc1ccn2nc(N3CC4CC(C3)N4C(=O)OC(C)(C)C)nc2c1. The maximum Gasteiger partial charge on any atom is 0.410 e. The van der Waals surface area contributed by atoms with Gasteiger partial charge in [-0.1, -0.05) is 0 Å². The largest absolute Gasteiger partial charge is 0.497 e. The average Bonchev–Trinajstić information content (AvgIpc) is 2.96. The van der Waals surface area contributed by atoms with Crippen LogP contribution in [0.25, 0.3) is 5.65 Å². The minimum Gasteiger partial charge on any atom is -0.497 e. The van der Waals surface area contributed by atoms with Crippen LogP contribution in [0.15, 0.2) is 18.3 Å². The third kappa shape index (κ3) is 2.85. The average molecular weight is 345 g/mol. The van der Waals surface area contributed by atoms with Crippen molar-refractivity contribution in [3.8, 4) is 5.75 Å².